The molecule has 0 saturated heterocycles. The summed E-state index contributed by atoms with van der Waals surface area (Å²) in [6.45, 7) is 0. The first-order chi connectivity index (χ1) is 8.45. The van der Waals surface area contributed by atoms with Gasteiger partial charge in [-0.25, -0.2) is 13.4 Å². The van der Waals surface area contributed by atoms with Gasteiger partial charge in [-0.2, -0.15) is 0 Å². The number of rotatable bonds is 3. The Hall–Kier alpha value is -1.59. The molecule has 0 saturated carbocycles. The highest BCUT2D eigenvalue weighted by atomic mass is 35.5. The fourth-order valence-electron chi connectivity index (χ4n) is 1.32. The molecule has 2 aromatic rings. The highest BCUT2D eigenvalue weighted by Gasteiger charge is 2.07. The smallest absolute Gasteiger partial charge is 0.220 e. The zero-order valence-electron chi connectivity index (χ0n) is 9.50. The highest BCUT2D eigenvalue weighted by Crippen LogP contribution is 2.22. The molecule has 2 rings (SSSR count). The van der Waals surface area contributed by atoms with Crippen molar-refractivity contribution in [3.63, 3.8) is 0 Å². The molecular formula is C12H10ClNO3S. The van der Waals surface area contributed by atoms with E-state index >= 15 is 0 Å². The number of ether oxygens (including phenoxy) is 1. The molecule has 0 aliphatic rings. The summed E-state index contributed by atoms with van der Waals surface area (Å²) in [7, 11) is -3.19. The van der Waals surface area contributed by atoms with E-state index in [1.807, 2.05) is 0 Å². The van der Waals surface area contributed by atoms with Gasteiger partial charge >= 0.3 is 0 Å². The zero-order chi connectivity index (χ0) is 13.2. The van der Waals surface area contributed by atoms with E-state index in [-0.39, 0.29) is 4.90 Å². The van der Waals surface area contributed by atoms with Crippen LogP contribution in [0.25, 0.3) is 0 Å². The van der Waals surface area contributed by atoms with E-state index in [4.69, 9.17) is 16.3 Å². The highest BCUT2D eigenvalue weighted by molar-refractivity contribution is 7.90. The van der Waals surface area contributed by atoms with E-state index in [2.05, 4.69) is 4.98 Å². The molecule has 6 heteroatoms. The van der Waals surface area contributed by atoms with E-state index in [1.54, 1.807) is 30.3 Å². The molecule has 0 amide bonds. The van der Waals surface area contributed by atoms with Crippen LogP contribution < -0.4 is 4.74 Å². The van der Waals surface area contributed by atoms with Gasteiger partial charge in [0.2, 0.25) is 5.88 Å². The lowest BCUT2D eigenvalue weighted by Crippen LogP contribution is -1.96. The van der Waals surface area contributed by atoms with Crippen molar-refractivity contribution in [1.82, 2.24) is 4.98 Å². The van der Waals surface area contributed by atoms with E-state index in [1.165, 1.54) is 12.1 Å². The van der Waals surface area contributed by atoms with Gasteiger partial charge in [0.15, 0.2) is 9.84 Å². The lowest BCUT2D eigenvalue weighted by atomic mass is 10.3. The van der Waals surface area contributed by atoms with Crippen LogP contribution in [-0.4, -0.2) is 19.7 Å². The molecule has 0 aliphatic carbocycles. The molecule has 94 valence electrons. The van der Waals surface area contributed by atoms with Gasteiger partial charge in [-0.05, 0) is 30.3 Å². The summed E-state index contributed by atoms with van der Waals surface area (Å²) in [4.78, 5) is 4.21. The van der Waals surface area contributed by atoms with Gasteiger partial charge in [0.1, 0.15) is 10.9 Å². The molecule has 0 aliphatic heterocycles. The van der Waals surface area contributed by atoms with Crippen LogP contribution in [0, 0.1) is 0 Å². The Morgan fingerprint density at radius 3 is 2.33 bits per heavy atom. The average molecular weight is 284 g/mol. The van der Waals surface area contributed by atoms with E-state index in [9.17, 15) is 8.42 Å². The lowest BCUT2D eigenvalue weighted by Gasteiger charge is -2.05. The largest absolute Gasteiger partial charge is 0.439 e. The SMILES string of the molecule is CS(=O)(=O)c1ccc(Oc2cccc(Cl)n2)cc1. The number of benzene rings is 1. The van der Waals surface area contributed by atoms with Crippen LogP contribution >= 0.6 is 11.6 Å². The molecule has 1 heterocycles. The van der Waals surface area contributed by atoms with Crippen molar-refractivity contribution in [2.45, 2.75) is 4.90 Å². The minimum absolute atomic E-state index is 0.244. The third-order valence-electron chi connectivity index (χ3n) is 2.16. The Balaban J connectivity index is 2.21. The number of sulfone groups is 1. The Bertz CT molecular complexity index is 653. The van der Waals surface area contributed by atoms with Crippen LogP contribution in [0.15, 0.2) is 47.4 Å². The standard InChI is InChI=1S/C12H10ClNO3S/c1-18(15,16)10-7-5-9(6-8-10)17-12-4-2-3-11(13)14-12/h2-8H,1H3. The van der Waals surface area contributed by atoms with Crippen molar-refractivity contribution in [2.75, 3.05) is 6.26 Å². The first-order valence-electron chi connectivity index (χ1n) is 5.06. The van der Waals surface area contributed by atoms with Gasteiger partial charge in [0.05, 0.1) is 4.90 Å². The van der Waals surface area contributed by atoms with E-state index in [0.29, 0.717) is 16.8 Å². The molecule has 0 N–H and O–H groups in total. The maximum atomic E-state index is 11.3. The second kappa shape index (κ2) is 4.96. The molecule has 0 spiro atoms. The molecule has 1 aromatic heterocycles. The summed E-state index contributed by atoms with van der Waals surface area (Å²) in [5.74, 6) is 0.853. The summed E-state index contributed by atoms with van der Waals surface area (Å²) >= 11 is 5.73. The molecule has 0 atom stereocenters. The van der Waals surface area contributed by atoms with Crippen molar-refractivity contribution in [2.24, 2.45) is 0 Å². The third-order valence-corrected chi connectivity index (χ3v) is 3.50. The van der Waals surface area contributed by atoms with Gasteiger partial charge < -0.3 is 4.74 Å². The van der Waals surface area contributed by atoms with Gasteiger partial charge in [0.25, 0.3) is 0 Å². The van der Waals surface area contributed by atoms with Crippen LogP contribution in [0.4, 0.5) is 0 Å². The number of aromatic nitrogens is 1. The minimum Gasteiger partial charge on any atom is -0.439 e. The first kappa shape index (κ1) is 12.9. The van der Waals surface area contributed by atoms with Crippen molar-refractivity contribution in [3.05, 3.63) is 47.6 Å². The first-order valence-corrected chi connectivity index (χ1v) is 7.32. The number of nitrogens with zero attached hydrogens (tertiary/aromatic N) is 1. The predicted molar refractivity (Wildman–Crippen MR) is 68.9 cm³/mol. The maximum absolute atomic E-state index is 11.3. The Kier molecular flexibility index (Phi) is 3.54. The molecule has 18 heavy (non-hydrogen) atoms. The van der Waals surface area contributed by atoms with Crippen LogP contribution in [0.2, 0.25) is 5.15 Å². The molecule has 0 fully saturated rings. The van der Waals surface area contributed by atoms with E-state index in [0.717, 1.165) is 6.26 Å². The lowest BCUT2D eigenvalue weighted by molar-refractivity contribution is 0.462. The van der Waals surface area contributed by atoms with Crippen molar-refractivity contribution >= 4 is 21.4 Å². The molecule has 4 nitrogen and oxygen atoms in total. The van der Waals surface area contributed by atoms with Crippen LogP contribution in [-0.2, 0) is 9.84 Å². The Morgan fingerprint density at radius 1 is 1.11 bits per heavy atom. The Morgan fingerprint density at radius 2 is 1.78 bits per heavy atom. The number of hydrogen-bond donors (Lipinski definition) is 0. The second-order valence-electron chi connectivity index (χ2n) is 3.64. The minimum atomic E-state index is -3.19. The fraction of sp³-hybridized carbons (Fsp3) is 0.0833. The number of halogens is 1. The summed E-state index contributed by atoms with van der Waals surface area (Å²) in [6.07, 6.45) is 1.15. The summed E-state index contributed by atoms with van der Waals surface area (Å²) in [5, 5.41) is 0.334. The van der Waals surface area contributed by atoms with Crippen molar-refractivity contribution in [3.8, 4) is 11.6 Å². The van der Waals surface area contributed by atoms with Crippen LogP contribution in [0.3, 0.4) is 0 Å². The normalized spacial score (nSPS) is 11.2. The van der Waals surface area contributed by atoms with Gasteiger partial charge in [-0.15, -0.1) is 0 Å². The van der Waals surface area contributed by atoms with E-state index < -0.39 is 9.84 Å². The zero-order valence-corrected chi connectivity index (χ0v) is 11.1. The molecule has 0 radical (unpaired) electrons. The second-order valence-corrected chi connectivity index (χ2v) is 6.05. The average Bonchev–Trinajstić information content (AvgIpc) is 2.28. The molecular weight excluding hydrogens is 274 g/mol. The summed E-state index contributed by atoms with van der Waals surface area (Å²) < 4.78 is 28.0. The monoisotopic (exact) mass is 283 g/mol. The fourth-order valence-corrected chi connectivity index (χ4v) is 2.11. The van der Waals surface area contributed by atoms with Gasteiger partial charge in [-0.1, -0.05) is 17.7 Å². The summed E-state index contributed by atoms with van der Waals surface area (Å²) in [6, 6.07) is 11.1. The number of pyridine rings is 1. The van der Waals surface area contributed by atoms with Gasteiger partial charge in [-0.3, -0.25) is 0 Å². The van der Waals surface area contributed by atoms with Gasteiger partial charge in [0, 0.05) is 12.3 Å². The van der Waals surface area contributed by atoms with Crippen molar-refractivity contribution < 1.29 is 13.2 Å². The Labute approximate surface area is 110 Å². The van der Waals surface area contributed by atoms with Crippen LogP contribution in [0.5, 0.6) is 11.6 Å². The maximum Gasteiger partial charge on any atom is 0.220 e. The summed E-state index contributed by atoms with van der Waals surface area (Å²) in [5.41, 5.74) is 0. The number of hydrogen-bond acceptors (Lipinski definition) is 4. The van der Waals surface area contributed by atoms with Crippen LogP contribution in [0.1, 0.15) is 0 Å². The molecule has 0 unspecified atom stereocenters. The predicted octanol–water partition coefficient (Wildman–Crippen LogP) is 2.93. The quantitative estimate of drug-likeness (QED) is 0.813. The third kappa shape index (κ3) is 3.21. The van der Waals surface area contributed by atoms with Crippen molar-refractivity contribution in [1.29, 1.82) is 0 Å². The topological polar surface area (TPSA) is 56.3 Å². The molecule has 1 aromatic carbocycles. The molecule has 0 bridgehead atoms.